The summed E-state index contributed by atoms with van der Waals surface area (Å²) in [7, 11) is 0. The van der Waals surface area contributed by atoms with E-state index in [2.05, 4.69) is 64.6 Å². The molecule has 7 N–H and O–H groups in total. The van der Waals surface area contributed by atoms with Gasteiger partial charge in [0.2, 0.25) is 0 Å². The summed E-state index contributed by atoms with van der Waals surface area (Å²) in [4.78, 5) is 24.8. The van der Waals surface area contributed by atoms with Crippen molar-refractivity contribution in [2.45, 2.75) is 49.3 Å². The Morgan fingerprint density at radius 2 is 1.42 bits per heavy atom. The fourth-order valence-corrected chi connectivity index (χ4v) is 8.90. The topological polar surface area (TPSA) is 255 Å². The Bertz CT molecular complexity index is 1800. The lowest BCUT2D eigenvalue weighted by atomic mass is 10.1. The third-order valence-corrected chi connectivity index (χ3v) is 11.1. The highest BCUT2D eigenvalue weighted by Crippen LogP contribution is 2.54. The number of hydrogen-bond donors (Lipinski definition) is 7. The molecular formula is C20H26N12O7P2S2. The average molecular weight is 673 g/mol. The van der Waals surface area contributed by atoms with Gasteiger partial charge < -0.3 is 35.1 Å². The van der Waals surface area contributed by atoms with Gasteiger partial charge in [0, 0.05) is 12.5 Å². The number of aliphatic hydroxyl groups excluding tert-OH is 1. The van der Waals surface area contributed by atoms with E-state index in [1.807, 2.05) is 0 Å². The van der Waals surface area contributed by atoms with Crippen molar-refractivity contribution in [2.24, 2.45) is 0 Å². The quantitative estimate of drug-likeness (QED) is 0.112. The Hall–Kier alpha value is -2.42. The van der Waals surface area contributed by atoms with E-state index in [9.17, 15) is 14.2 Å². The number of ether oxygens (including phenoxy) is 2. The smallest absolute Gasteiger partial charge is 0.324 e. The van der Waals surface area contributed by atoms with E-state index in [0.717, 1.165) is 0 Å². The van der Waals surface area contributed by atoms with Gasteiger partial charge in [-0.25, -0.2) is 40.1 Å². The maximum Gasteiger partial charge on any atom is 0.324 e. The number of fused-ring (bicyclic) bond motifs is 4. The van der Waals surface area contributed by atoms with Crippen molar-refractivity contribution in [1.82, 2.24) is 49.2 Å². The van der Waals surface area contributed by atoms with Crippen molar-refractivity contribution in [3.05, 3.63) is 25.3 Å². The van der Waals surface area contributed by atoms with Gasteiger partial charge in [-0.05, 0) is 0 Å². The molecule has 0 bridgehead atoms. The summed E-state index contributed by atoms with van der Waals surface area (Å²) in [6.45, 7) is -8.23. The van der Waals surface area contributed by atoms with Crippen molar-refractivity contribution in [3.8, 4) is 0 Å². The number of nitrogens with one attached hydrogen (secondary N) is 2. The highest BCUT2D eigenvalue weighted by atomic mass is 32.7. The molecule has 0 saturated carbocycles. The van der Waals surface area contributed by atoms with E-state index >= 15 is 0 Å². The molecule has 2 unspecified atom stereocenters. The van der Waals surface area contributed by atoms with Crippen LogP contribution < -0.4 is 21.6 Å². The Morgan fingerprint density at radius 3 is 2.09 bits per heavy atom. The third-order valence-electron chi connectivity index (χ3n) is 7.44. The van der Waals surface area contributed by atoms with E-state index in [4.69, 9.17) is 30.0 Å². The molecule has 23 heteroatoms. The molecule has 0 aliphatic carbocycles. The molecular weight excluding hydrogens is 646 g/mol. The van der Waals surface area contributed by atoms with Gasteiger partial charge in [-0.1, -0.05) is 24.5 Å². The van der Waals surface area contributed by atoms with Gasteiger partial charge in [-0.3, -0.25) is 18.3 Å². The normalized spacial score (nSPS) is 37.1. The number of anilines is 2. The number of nitrogen functional groups attached to an aromatic ring is 2. The summed E-state index contributed by atoms with van der Waals surface area (Å²) >= 11 is 8.53. The molecule has 0 amide bonds. The standard InChI is InChI=1S/C20H26N12O7P2S2/c21-16-13-18(25-4-23-16)31(6-27-13)11-1-8-9(38-11)2-36-41(35,43)30-12-10(3-37-40(34,42)29-8)39-20(15(12)33)32-7-28-14-17(22)24-5-26-19(14)32/h4-12,15,20,33H,1-3H2,(H2,21,23,25)(H2,22,24,26)(H2,29,34,42)(H2,30,35,43)/t8-,9+,10+,11+,12+,15+,20+,40?,41?/m0/s1. The van der Waals surface area contributed by atoms with Crippen LogP contribution in [0.1, 0.15) is 18.9 Å². The van der Waals surface area contributed by atoms with Crippen molar-refractivity contribution < 1.29 is 32.8 Å². The fraction of sp³-hybridized carbons (Fsp3) is 0.500. The van der Waals surface area contributed by atoms with Crippen molar-refractivity contribution in [1.29, 1.82) is 0 Å². The molecule has 3 saturated heterocycles. The van der Waals surface area contributed by atoms with Crippen LogP contribution in [0.5, 0.6) is 0 Å². The first-order chi connectivity index (χ1) is 20.5. The zero-order valence-corrected chi connectivity index (χ0v) is 25.5. The fourth-order valence-electron chi connectivity index (χ4n) is 5.42. The molecule has 7 rings (SSSR count). The number of rotatable bonds is 2. The Morgan fingerprint density at radius 1 is 0.837 bits per heavy atom. The molecule has 19 nitrogen and oxygen atoms in total. The number of thiol groups is 2. The van der Waals surface area contributed by atoms with Crippen LogP contribution in [-0.2, 0) is 27.7 Å². The molecule has 3 fully saturated rings. The molecule has 43 heavy (non-hydrogen) atoms. The summed E-state index contributed by atoms with van der Waals surface area (Å²) in [5.74, 6) is 0.356. The maximum atomic E-state index is 13.5. The number of aromatic nitrogens is 8. The van der Waals surface area contributed by atoms with Crippen LogP contribution in [0.15, 0.2) is 25.3 Å². The highest BCUT2D eigenvalue weighted by Gasteiger charge is 2.49. The van der Waals surface area contributed by atoms with Crippen molar-refractivity contribution in [2.75, 3.05) is 24.7 Å². The summed E-state index contributed by atoms with van der Waals surface area (Å²) in [5, 5.41) is 17.0. The third kappa shape index (κ3) is 5.42. The van der Waals surface area contributed by atoms with E-state index < -0.39 is 56.3 Å². The number of aliphatic hydroxyl groups is 1. The Balaban J connectivity index is 1.15. The lowest BCUT2D eigenvalue weighted by molar-refractivity contribution is -0.0457. The minimum absolute atomic E-state index is 0.146. The molecule has 0 aromatic carbocycles. The van der Waals surface area contributed by atoms with Crippen LogP contribution in [0.3, 0.4) is 0 Å². The first-order valence-electron chi connectivity index (χ1n) is 12.8. The van der Waals surface area contributed by atoms with Gasteiger partial charge in [0.05, 0.1) is 38.0 Å². The lowest BCUT2D eigenvalue weighted by Crippen LogP contribution is -2.45. The second kappa shape index (κ2) is 10.9. The molecule has 4 aromatic heterocycles. The largest absolute Gasteiger partial charge is 0.387 e. The van der Waals surface area contributed by atoms with Gasteiger partial charge in [0.25, 0.3) is 0 Å². The number of nitrogens with zero attached hydrogens (tertiary/aromatic N) is 8. The van der Waals surface area contributed by atoms with Gasteiger partial charge in [0.15, 0.2) is 29.2 Å². The van der Waals surface area contributed by atoms with Crippen LogP contribution in [0, 0.1) is 0 Å². The predicted octanol–water partition coefficient (Wildman–Crippen LogP) is 0.415. The molecule has 0 spiro atoms. The minimum atomic E-state index is -3.89. The molecule has 0 radical (unpaired) electrons. The van der Waals surface area contributed by atoms with E-state index in [1.54, 1.807) is 4.57 Å². The number of imidazole rings is 2. The van der Waals surface area contributed by atoms with Gasteiger partial charge in [-0.2, -0.15) is 0 Å². The van der Waals surface area contributed by atoms with E-state index in [0.29, 0.717) is 22.3 Å². The summed E-state index contributed by atoms with van der Waals surface area (Å²) in [6.07, 6.45) is 0.947. The van der Waals surface area contributed by atoms with Crippen LogP contribution >= 0.6 is 37.9 Å². The summed E-state index contributed by atoms with van der Waals surface area (Å²) < 4.78 is 53.9. The summed E-state index contributed by atoms with van der Waals surface area (Å²) in [6, 6.07) is -1.67. The summed E-state index contributed by atoms with van der Waals surface area (Å²) in [5.41, 5.74) is 13.3. The minimum Gasteiger partial charge on any atom is -0.387 e. The Kier molecular flexibility index (Phi) is 7.41. The van der Waals surface area contributed by atoms with Crippen molar-refractivity contribution >= 4 is 71.9 Å². The second-order valence-corrected chi connectivity index (χ2v) is 16.4. The van der Waals surface area contributed by atoms with Crippen LogP contribution in [-0.4, -0.2) is 87.8 Å². The molecule has 7 heterocycles. The zero-order valence-electron chi connectivity index (χ0n) is 21.9. The zero-order chi connectivity index (χ0) is 30.1. The van der Waals surface area contributed by atoms with Gasteiger partial charge in [-0.15, -0.1) is 0 Å². The lowest BCUT2D eigenvalue weighted by Gasteiger charge is -2.29. The number of nitrogens with two attached hydrogens (primary N) is 2. The van der Waals surface area contributed by atoms with Crippen LogP contribution in [0.2, 0.25) is 0 Å². The Labute approximate surface area is 252 Å². The average Bonchev–Trinajstić information content (AvgIpc) is 3.72. The SMILES string of the molecule is Nc1ncnc2c1ncn2[C@@H]1O[C@@H]2COP(=O)(S)N[C@H]3C[C@H](n4cnc5c(N)ncnc54)O[C@@H]3COP(=O)(S)N[C@H]2[C@H]1O. The molecule has 230 valence electrons. The molecule has 4 aromatic rings. The molecule has 3 aliphatic heterocycles. The molecule has 9 atom stereocenters. The van der Waals surface area contributed by atoms with Crippen molar-refractivity contribution in [3.63, 3.8) is 0 Å². The van der Waals surface area contributed by atoms with E-state index in [-0.39, 0.29) is 31.3 Å². The number of hydrogen-bond acceptors (Lipinski definition) is 15. The van der Waals surface area contributed by atoms with Crippen LogP contribution in [0.4, 0.5) is 11.6 Å². The van der Waals surface area contributed by atoms with Gasteiger partial charge in [0.1, 0.15) is 42.1 Å². The predicted molar refractivity (Wildman–Crippen MR) is 157 cm³/mol. The monoisotopic (exact) mass is 672 g/mol. The van der Waals surface area contributed by atoms with Crippen LogP contribution in [0.25, 0.3) is 22.3 Å². The molecule has 3 aliphatic rings. The highest BCUT2D eigenvalue weighted by molar-refractivity contribution is 8.45. The second-order valence-electron chi connectivity index (χ2n) is 10.1. The van der Waals surface area contributed by atoms with E-state index in [1.165, 1.54) is 29.9 Å². The maximum absolute atomic E-state index is 13.5. The first-order valence-corrected chi connectivity index (χ1v) is 18.4. The van der Waals surface area contributed by atoms with Gasteiger partial charge >= 0.3 is 13.4 Å². The first kappa shape index (κ1) is 29.3.